The molecule has 0 saturated heterocycles. The zero-order valence-corrected chi connectivity index (χ0v) is 13.1. The molecule has 0 unspecified atom stereocenters. The number of rotatable bonds is 3. The lowest BCUT2D eigenvalue weighted by Crippen LogP contribution is -1.99. The molecular formula is C15H14BrClN2. The number of hydrogen-bond donors (Lipinski definition) is 1. The third-order valence-electron chi connectivity index (χ3n) is 2.79. The van der Waals surface area contributed by atoms with Crippen molar-refractivity contribution in [3.63, 3.8) is 0 Å². The van der Waals surface area contributed by atoms with E-state index < -0.39 is 0 Å². The van der Waals surface area contributed by atoms with Crippen LogP contribution in [0.15, 0.2) is 52.0 Å². The van der Waals surface area contributed by atoms with E-state index in [4.69, 9.17) is 11.6 Å². The lowest BCUT2D eigenvalue weighted by molar-refractivity contribution is 1.31. The number of nitrogens with one attached hydrogen (secondary N) is 1. The first-order valence-corrected chi connectivity index (χ1v) is 7.06. The fraction of sp³-hybridized carbons (Fsp3) is 0.133. The molecule has 0 fully saturated rings. The highest BCUT2D eigenvalue weighted by molar-refractivity contribution is 9.10. The van der Waals surface area contributed by atoms with E-state index in [0.29, 0.717) is 0 Å². The van der Waals surface area contributed by atoms with Crippen molar-refractivity contribution in [1.82, 2.24) is 0 Å². The van der Waals surface area contributed by atoms with E-state index >= 15 is 0 Å². The molecule has 0 aliphatic heterocycles. The molecule has 1 N–H and O–H groups in total. The first-order chi connectivity index (χ1) is 9.06. The van der Waals surface area contributed by atoms with Gasteiger partial charge in [-0.2, -0.15) is 5.10 Å². The van der Waals surface area contributed by atoms with Crippen LogP contribution in [0.3, 0.4) is 0 Å². The Hall–Kier alpha value is -1.32. The van der Waals surface area contributed by atoms with E-state index in [-0.39, 0.29) is 0 Å². The van der Waals surface area contributed by atoms with E-state index in [1.165, 1.54) is 0 Å². The van der Waals surface area contributed by atoms with E-state index in [9.17, 15) is 0 Å². The Bertz CT molecular complexity index is 606. The molecule has 0 aliphatic rings. The molecule has 0 aromatic heterocycles. The van der Waals surface area contributed by atoms with E-state index in [2.05, 4.69) is 26.5 Å². The van der Waals surface area contributed by atoms with Crippen LogP contribution in [0.4, 0.5) is 5.69 Å². The number of benzene rings is 2. The predicted molar refractivity (Wildman–Crippen MR) is 86.2 cm³/mol. The lowest BCUT2D eigenvalue weighted by Gasteiger charge is -2.05. The zero-order chi connectivity index (χ0) is 13.8. The Morgan fingerprint density at radius 2 is 1.84 bits per heavy atom. The van der Waals surface area contributed by atoms with Crippen molar-refractivity contribution in [2.75, 3.05) is 5.43 Å². The highest BCUT2D eigenvalue weighted by Crippen LogP contribution is 2.20. The molecule has 0 radical (unpaired) electrons. The summed E-state index contributed by atoms with van der Waals surface area (Å²) >= 11 is 9.48. The van der Waals surface area contributed by atoms with Crippen LogP contribution in [-0.2, 0) is 0 Å². The quantitative estimate of drug-likeness (QED) is 0.600. The number of hydrazone groups is 1. The molecule has 0 bridgehead atoms. The summed E-state index contributed by atoms with van der Waals surface area (Å²) in [5.74, 6) is 0. The van der Waals surface area contributed by atoms with Crippen molar-refractivity contribution >= 4 is 38.9 Å². The van der Waals surface area contributed by atoms with Gasteiger partial charge in [-0.1, -0.05) is 45.7 Å². The van der Waals surface area contributed by atoms with Crippen LogP contribution in [0.25, 0.3) is 0 Å². The van der Waals surface area contributed by atoms with Crippen molar-refractivity contribution in [3.05, 3.63) is 63.1 Å². The second kappa shape index (κ2) is 6.22. The van der Waals surface area contributed by atoms with Gasteiger partial charge in [0.2, 0.25) is 0 Å². The number of anilines is 1. The minimum absolute atomic E-state index is 0.737. The number of hydrogen-bond acceptors (Lipinski definition) is 2. The van der Waals surface area contributed by atoms with Crippen molar-refractivity contribution < 1.29 is 0 Å². The summed E-state index contributed by atoms with van der Waals surface area (Å²) in [6.45, 7) is 3.94. The van der Waals surface area contributed by atoms with Gasteiger partial charge in [0.25, 0.3) is 0 Å². The lowest BCUT2D eigenvalue weighted by atomic mass is 10.1. The van der Waals surface area contributed by atoms with Crippen molar-refractivity contribution in [2.45, 2.75) is 13.8 Å². The van der Waals surface area contributed by atoms with Crippen LogP contribution in [-0.4, -0.2) is 5.71 Å². The van der Waals surface area contributed by atoms with E-state index in [1.807, 2.05) is 56.3 Å². The second-order valence-corrected chi connectivity index (χ2v) is 5.60. The Morgan fingerprint density at radius 3 is 2.47 bits per heavy atom. The molecule has 0 saturated carbocycles. The molecule has 2 aromatic carbocycles. The van der Waals surface area contributed by atoms with Crippen LogP contribution in [0.5, 0.6) is 0 Å². The summed E-state index contributed by atoms with van der Waals surface area (Å²) in [5, 5.41) is 5.10. The zero-order valence-electron chi connectivity index (χ0n) is 10.7. The SMILES string of the molecule is C/C(=N/Nc1ccc(C)c(Cl)c1)c1ccc(Br)cc1. The molecule has 0 heterocycles. The summed E-state index contributed by atoms with van der Waals surface area (Å²) in [6, 6.07) is 13.8. The second-order valence-electron chi connectivity index (χ2n) is 4.28. The fourth-order valence-corrected chi connectivity index (χ4v) is 2.01. The van der Waals surface area contributed by atoms with Crippen molar-refractivity contribution in [2.24, 2.45) is 5.10 Å². The fourth-order valence-electron chi connectivity index (χ4n) is 1.57. The average molecular weight is 338 g/mol. The Morgan fingerprint density at radius 1 is 1.16 bits per heavy atom. The van der Waals surface area contributed by atoms with Gasteiger partial charge >= 0.3 is 0 Å². The van der Waals surface area contributed by atoms with E-state index in [1.54, 1.807) is 0 Å². The summed E-state index contributed by atoms with van der Waals surface area (Å²) in [5.41, 5.74) is 6.95. The minimum atomic E-state index is 0.737. The van der Waals surface area contributed by atoms with Gasteiger partial charge in [-0.05, 0) is 49.2 Å². The topological polar surface area (TPSA) is 24.4 Å². The summed E-state index contributed by atoms with van der Waals surface area (Å²) in [6.07, 6.45) is 0. The van der Waals surface area contributed by atoms with Gasteiger partial charge in [0.15, 0.2) is 0 Å². The number of aryl methyl sites for hydroxylation is 1. The minimum Gasteiger partial charge on any atom is -0.278 e. The molecule has 0 atom stereocenters. The molecule has 2 aromatic rings. The number of halogens is 2. The summed E-state index contributed by atoms with van der Waals surface area (Å²) in [7, 11) is 0. The standard InChI is InChI=1S/C15H14BrClN2/c1-10-3-8-14(9-15(10)17)19-18-11(2)12-4-6-13(16)7-5-12/h3-9,19H,1-2H3/b18-11-. The van der Waals surface area contributed by atoms with Gasteiger partial charge in [-0.3, -0.25) is 5.43 Å². The van der Waals surface area contributed by atoms with Crippen LogP contribution < -0.4 is 5.43 Å². The first-order valence-electron chi connectivity index (χ1n) is 5.88. The highest BCUT2D eigenvalue weighted by Gasteiger charge is 1.99. The first kappa shape index (κ1) is 14.1. The van der Waals surface area contributed by atoms with Gasteiger partial charge in [0.1, 0.15) is 0 Å². The summed E-state index contributed by atoms with van der Waals surface area (Å²) < 4.78 is 1.06. The van der Waals surface area contributed by atoms with Crippen LogP contribution >= 0.6 is 27.5 Å². The molecule has 0 aliphatic carbocycles. The highest BCUT2D eigenvalue weighted by atomic mass is 79.9. The Balaban J connectivity index is 2.13. The molecule has 19 heavy (non-hydrogen) atoms. The van der Waals surface area contributed by atoms with Crippen LogP contribution in [0, 0.1) is 6.92 Å². The molecule has 4 heteroatoms. The summed E-state index contributed by atoms with van der Waals surface area (Å²) in [4.78, 5) is 0. The third-order valence-corrected chi connectivity index (χ3v) is 3.72. The van der Waals surface area contributed by atoms with Gasteiger partial charge in [0, 0.05) is 9.50 Å². The molecule has 0 amide bonds. The molecule has 2 rings (SSSR count). The van der Waals surface area contributed by atoms with Crippen molar-refractivity contribution in [3.8, 4) is 0 Å². The van der Waals surface area contributed by atoms with Gasteiger partial charge in [-0.15, -0.1) is 0 Å². The maximum absolute atomic E-state index is 6.07. The Kier molecular flexibility index (Phi) is 4.61. The maximum Gasteiger partial charge on any atom is 0.0648 e. The maximum atomic E-state index is 6.07. The largest absolute Gasteiger partial charge is 0.278 e. The Labute approximate surface area is 126 Å². The molecule has 98 valence electrons. The number of nitrogens with zero attached hydrogens (tertiary/aromatic N) is 1. The normalized spacial score (nSPS) is 11.5. The van der Waals surface area contributed by atoms with Gasteiger partial charge in [0.05, 0.1) is 11.4 Å². The van der Waals surface area contributed by atoms with E-state index in [0.717, 1.165) is 32.0 Å². The van der Waals surface area contributed by atoms with Gasteiger partial charge < -0.3 is 0 Å². The van der Waals surface area contributed by atoms with Crippen LogP contribution in [0.1, 0.15) is 18.1 Å². The predicted octanol–water partition coefficient (Wildman–Crippen LogP) is 5.25. The average Bonchev–Trinajstić information content (AvgIpc) is 2.40. The smallest absolute Gasteiger partial charge is 0.0648 e. The van der Waals surface area contributed by atoms with Crippen LogP contribution in [0.2, 0.25) is 5.02 Å². The van der Waals surface area contributed by atoms with Crippen molar-refractivity contribution in [1.29, 1.82) is 0 Å². The monoisotopic (exact) mass is 336 g/mol. The van der Waals surface area contributed by atoms with Gasteiger partial charge in [-0.25, -0.2) is 0 Å². The third kappa shape index (κ3) is 3.82. The molecule has 0 spiro atoms. The molecule has 2 nitrogen and oxygen atoms in total. The molecular weight excluding hydrogens is 324 g/mol.